The van der Waals surface area contributed by atoms with Gasteiger partial charge in [-0.05, 0) is 36.4 Å². The van der Waals surface area contributed by atoms with Gasteiger partial charge >= 0.3 is 0 Å². The van der Waals surface area contributed by atoms with Crippen LogP contribution < -0.4 is 5.32 Å². The normalized spacial score (nSPS) is 10.8. The van der Waals surface area contributed by atoms with Gasteiger partial charge in [-0.15, -0.1) is 10.2 Å². The summed E-state index contributed by atoms with van der Waals surface area (Å²) >= 11 is 7.20. The first-order chi connectivity index (χ1) is 14.2. The van der Waals surface area contributed by atoms with Crippen LogP contribution in [0.3, 0.4) is 0 Å². The number of carbonyl (C=O) groups excluding carboxylic acids is 1. The Labute approximate surface area is 176 Å². The number of halogens is 1. The van der Waals surface area contributed by atoms with Gasteiger partial charge in [0.2, 0.25) is 5.91 Å². The van der Waals surface area contributed by atoms with Crippen molar-refractivity contribution in [1.29, 1.82) is 0 Å². The lowest BCUT2D eigenvalue weighted by atomic mass is 10.2. The molecule has 0 saturated heterocycles. The van der Waals surface area contributed by atoms with Crippen molar-refractivity contribution in [3.63, 3.8) is 0 Å². The highest BCUT2D eigenvalue weighted by atomic mass is 35.5. The fourth-order valence-electron chi connectivity index (χ4n) is 2.76. The molecular weight excluding hydrogens is 408 g/mol. The molecule has 0 aliphatic carbocycles. The van der Waals surface area contributed by atoms with Crippen LogP contribution in [-0.4, -0.2) is 26.4 Å². The number of amides is 1. The summed E-state index contributed by atoms with van der Waals surface area (Å²) in [6.07, 6.45) is 1.63. The molecule has 0 fully saturated rings. The van der Waals surface area contributed by atoms with Gasteiger partial charge < -0.3 is 9.73 Å². The van der Waals surface area contributed by atoms with Gasteiger partial charge in [-0.1, -0.05) is 53.7 Å². The van der Waals surface area contributed by atoms with E-state index in [2.05, 4.69) is 15.5 Å². The van der Waals surface area contributed by atoms with Crippen molar-refractivity contribution < 1.29 is 9.21 Å². The van der Waals surface area contributed by atoms with Gasteiger partial charge in [-0.25, -0.2) is 0 Å². The number of hydrogen-bond donors (Lipinski definition) is 1. The summed E-state index contributed by atoms with van der Waals surface area (Å²) in [4.78, 5) is 12.3. The number of hydrogen-bond acceptors (Lipinski definition) is 5. The maximum absolute atomic E-state index is 12.3. The highest BCUT2D eigenvalue weighted by molar-refractivity contribution is 7.99. The topological polar surface area (TPSA) is 73.0 Å². The lowest BCUT2D eigenvalue weighted by Crippen LogP contribution is -2.14. The minimum atomic E-state index is -0.133. The van der Waals surface area contributed by atoms with Crippen molar-refractivity contribution in [2.75, 3.05) is 11.1 Å². The number of nitrogens with zero attached hydrogens (tertiary/aromatic N) is 3. The van der Waals surface area contributed by atoms with Gasteiger partial charge in [0, 0.05) is 16.3 Å². The zero-order valence-electron chi connectivity index (χ0n) is 15.3. The summed E-state index contributed by atoms with van der Waals surface area (Å²) in [5.74, 6) is 1.58. The van der Waals surface area contributed by atoms with E-state index in [-0.39, 0.29) is 11.7 Å². The standard InChI is InChI=1S/C21H17ClN4O2S/c22-16-8-10-17(11-9-16)23-19(27)14-29-21-25-24-20(15-5-2-1-3-6-15)26(21)13-18-7-4-12-28-18/h1-12H,13-14H2,(H,23,27). The van der Waals surface area contributed by atoms with Crippen LogP contribution in [-0.2, 0) is 11.3 Å². The molecular formula is C21H17ClN4O2S. The van der Waals surface area contributed by atoms with Crippen molar-refractivity contribution in [3.8, 4) is 11.4 Å². The molecule has 2 aromatic carbocycles. The van der Waals surface area contributed by atoms with E-state index >= 15 is 0 Å². The Hall–Kier alpha value is -3.03. The Bertz CT molecular complexity index is 1080. The molecule has 1 amide bonds. The predicted molar refractivity (Wildman–Crippen MR) is 114 cm³/mol. The highest BCUT2D eigenvalue weighted by Gasteiger charge is 2.17. The third kappa shape index (κ3) is 4.88. The van der Waals surface area contributed by atoms with Gasteiger partial charge in [0.05, 0.1) is 18.6 Å². The minimum Gasteiger partial charge on any atom is -0.467 e. The van der Waals surface area contributed by atoms with Crippen LogP contribution in [0, 0.1) is 0 Å². The van der Waals surface area contributed by atoms with E-state index in [9.17, 15) is 4.79 Å². The van der Waals surface area contributed by atoms with E-state index in [0.717, 1.165) is 17.1 Å². The second kappa shape index (κ2) is 8.98. The Balaban J connectivity index is 1.51. The summed E-state index contributed by atoms with van der Waals surface area (Å²) in [5, 5.41) is 12.8. The molecule has 0 radical (unpaired) electrons. The third-order valence-electron chi connectivity index (χ3n) is 4.10. The molecule has 8 heteroatoms. The van der Waals surface area contributed by atoms with Crippen LogP contribution in [0.1, 0.15) is 5.76 Å². The summed E-state index contributed by atoms with van der Waals surface area (Å²) in [7, 11) is 0. The summed E-state index contributed by atoms with van der Waals surface area (Å²) in [5.41, 5.74) is 1.64. The number of anilines is 1. The smallest absolute Gasteiger partial charge is 0.234 e. The SMILES string of the molecule is O=C(CSc1nnc(-c2ccccc2)n1Cc1ccco1)Nc1ccc(Cl)cc1. The van der Waals surface area contributed by atoms with Gasteiger partial charge in [-0.3, -0.25) is 9.36 Å². The van der Waals surface area contributed by atoms with Crippen molar-refractivity contribution in [1.82, 2.24) is 14.8 Å². The molecule has 0 atom stereocenters. The minimum absolute atomic E-state index is 0.133. The van der Waals surface area contributed by atoms with Crippen LogP contribution in [0.4, 0.5) is 5.69 Å². The van der Waals surface area contributed by atoms with E-state index in [1.165, 1.54) is 11.8 Å². The van der Waals surface area contributed by atoms with E-state index in [1.807, 2.05) is 47.0 Å². The van der Waals surface area contributed by atoms with Crippen LogP contribution in [0.5, 0.6) is 0 Å². The average Bonchev–Trinajstić information content (AvgIpc) is 3.39. The zero-order chi connectivity index (χ0) is 20.1. The average molecular weight is 425 g/mol. The molecule has 0 spiro atoms. The molecule has 4 rings (SSSR count). The van der Waals surface area contributed by atoms with Crippen LogP contribution in [0.2, 0.25) is 5.02 Å². The Morgan fingerprint density at radius 3 is 2.55 bits per heavy atom. The molecule has 29 heavy (non-hydrogen) atoms. The first-order valence-corrected chi connectivity index (χ1v) is 10.2. The molecule has 146 valence electrons. The Morgan fingerprint density at radius 2 is 1.83 bits per heavy atom. The van der Waals surface area contributed by atoms with Gasteiger partial charge in [-0.2, -0.15) is 0 Å². The van der Waals surface area contributed by atoms with Crippen LogP contribution >= 0.6 is 23.4 Å². The number of benzene rings is 2. The van der Waals surface area contributed by atoms with E-state index in [0.29, 0.717) is 22.4 Å². The fraction of sp³-hybridized carbons (Fsp3) is 0.0952. The number of rotatable bonds is 7. The second-order valence-electron chi connectivity index (χ2n) is 6.18. The lowest BCUT2D eigenvalue weighted by molar-refractivity contribution is -0.113. The monoisotopic (exact) mass is 424 g/mol. The van der Waals surface area contributed by atoms with Crippen LogP contribution in [0.25, 0.3) is 11.4 Å². The molecule has 0 saturated carbocycles. The highest BCUT2D eigenvalue weighted by Crippen LogP contribution is 2.25. The third-order valence-corrected chi connectivity index (χ3v) is 5.32. The Morgan fingerprint density at radius 1 is 1.03 bits per heavy atom. The number of carbonyl (C=O) groups is 1. The largest absolute Gasteiger partial charge is 0.467 e. The zero-order valence-corrected chi connectivity index (χ0v) is 16.9. The molecule has 0 unspecified atom stereocenters. The van der Waals surface area contributed by atoms with E-state index in [1.54, 1.807) is 30.5 Å². The first-order valence-electron chi connectivity index (χ1n) is 8.88. The lowest BCUT2D eigenvalue weighted by Gasteiger charge is -2.09. The van der Waals surface area contributed by atoms with Crippen molar-refractivity contribution in [2.45, 2.75) is 11.7 Å². The molecule has 0 aliphatic rings. The van der Waals surface area contributed by atoms with Gasteiger partial charge in [0.15, 0.2) is 11.0 Å². The molecule has 1 N–H and O–H groups in total. The molecule has 4 aromatic rings. The fourth-order valence-corrected chi connectivity index (χ4v) is 3.62. The quantitative estimate of drug-likeness (QED) is 0.424. The number of thioether (sulfide) groups is 1. The summed E-state index contributed by atoms with van der Waals surface area (Å²) in [6.45, 7) is 0.478. The maximum atomic E-state index is 12.3. The first kappa shape index (κ1) is 19.3. The second-order valence-corrected chi connectivity index (χ2v) is 7.56. The van der Waals surface area contributed by atoms with Crippen molar-refractivity contribution >= 4 is 35.0 Å². The van der Waals surface area contributed by atoms with E-state index in [4.69, 9.17) is 16.0 Å². The number of aromatic nitrogens is 3. The van der Waals surface area contributed by atoms with Gasteiger partial charge in [0.25, 0.3) is 0 Å². The van der Waals surface area contributed by atoms with Crippen LogP contribution in [0.15, 0.2) is 82.6 Å². The number of furan rings is 1. The van der Waals surface area contributed by atoms with E-state index < -0.39 is 0 Å². The summed E-state index contributed by atoms with van der Waals surface area (Å²) < 4.78 is 7.44. The Kier molecular flexibility index (Phi) is 5.97. The molecule has 2 heterocycles. The molecule has 2 aromatic heterocycles. The predicted octanol–water partition coefficient (Wildman–Crippen LogP) is 4.97. The van der Waals surface area contributed by atoms with Crippen molar-refractivity contribution in [2.24, 2.45) is 0 Å². The van der Waals surface area contributed by atoms with Crippen molar-refractivity contribution in [3.05, 3.63) is 83.8 Å². The van der Waals surface area contributed by atoms with Gasteiger partial charge in [0.1, 0.15) is 5.76 Å². The maximum Gasteiger partial charge on any atom is 0.234 e. The molecule has 6 nitrogen and oxygen atoms in total. The summed E-state index contributed by atoms with van der Waals surface area (Å²) in [6, 6.07) is 20.5. The number of nitrogens with one attached hydrogen (secondary N) is 1. The molecule has 0 aliphatic heterocycles. The molecule has 0 bridgehead atoms.